The summed E-state index contributed by atoms with van der Waals surface area (Å²) in [6.07, 6.45) is 0.928. The molecule has 1 aromatic rings. The van der Waals surface area contributed by atoms with Crippen molar-refractivity contribution in [2.24, 2.45) is 0 Å². The van der Waals surface area contributed by atoms with Gasteiger partial charge in [0, 0.05) is 32.1 Å². The Morgan fingerprint density at radius 2 is 2.22 bits per heavy atom. The van der Waals surface area contributed by atoms with E-state index < -0.39 is 0 Å². The molecule has 0 saturated heterocycles. The molecule has 1 heterocycles. The highest BCUT2D eigenvalue weighted by Gasteiger charge is 2.15. The van der Waals surface area contributed by atoms with Gasteiger partial charge in [0.15, 0.2) is 0 Å². The summed E-state index contributed by atoms with van der Waals surface area (Å²) in [5, 5.41) is 7.95. The minimum atomic E-state index is 0.161. The van der Waals surface area contributed by atoms with Gasteiger partial charge in [0.2, 0.25) is 0 Å². The Labute approximate surface area is 122 Å². The number of aromatic nitrogens is 2. The maximum absolute atomic E-state index is 5.88. The Morgan fingerprint density at radius 1 is 1.50 bits per heavy atom. The van der Waals surface area contributed by atoms with E-state index in [1.165, 1.54) is 5.69 Å². The second kappa shape index (κ2) is 8.15. The molecule has 0 fully saturated rings. The van der Waals surface area contributed by atoms with Crippen molar-refractivity contribution >= 4 is 27.5 Å². The number of hydrogen-bond acceptors (Lipinski definition) is 3. The van der Waals surface area contributed by atoms with Gasteiger partial charge < -0.3 is 10.1 Å². The normalized spacial score (nSPS) is 12.9. The van der Waals surface area contributed by atoms with Crippen LogP contribution in [0.15, 0.2) is 4.47 Å². The topological polar surface area (TPSA) is 39.1 Å². The molecule has 6 heteroatoms. The van der Waals surface area contributed by atoms with Gasteiger partial charge in [0.05, 0.1) is 22.5 Å². The zero-order valence-corrected chi connectivity index (χ0v) is 13.5. The molecule has 0 spiro atoms. The molecule has 1 atom stereocenters. The molecule has 18 heavy (non-hydrogen) atoms. The number of aryl methyl sites for hydroxylation is 2. The van der Waals surface area contributed by atoms with Crippen LogP contribution < -0.4 is 5.32 Å². The van der Waals surface area contributed by atoms with Gasteiger partial charge in [-0.15, -0.1) is 11.6 Å². The molecule has 104 valence electrons. The van der Waals surface area contributed by atoms with Gasteiger partial charge in [-0.1, -0.05) is 6.92 Å². The van der Waals surface area contributed by atoms with Gasteiger partial charge in [-0.2, -0.15) is 5.10 Å². The van der Waals surface area contributed by atoms with Crippen LogP contribution in [0.4, 0.5) is 0 Å². The highest BCUT2D eigenvalue weighted by atomic mass is 79.9. The first-order valence-electron chi connectivity index (χ1n) is 6.20. The lowest BCUT2D eigenvalue weighted by atomic mass is 10.3. The Hall–Kier alpha value is -0.100. The quantitative estimate of drug-likeness (QED) is 0.741. The van der Waals surface area contributed by atoms with Crippen molar-refractivity contribution < 1.29 is 4.74 Å². The molecule has 0 radical (unpaired) electrons. The predicted molar refractivity (Wildman–Crippen MR) is 78.2 cm³/mol. The smallest absolute Gasteiger partial charge is 0.0767 e. The standard InChI is InChI=1S/C12H21BrClN3O/c1-4-10-12(13)11(17(5-2)16-10)7-15-9(6-14)8-18-3/h9,15H,4-8H2,1-3H3. The van der Waals surface area contributed by atoms with Crippen molar-refractivity contribution in [2.75, 3.05) is 19.6 Å². The average Bonchev–Trinajstić information content (AvgIpc) is 2.70. The number of methoxy groups -OCH3 is 1. The molecule has 0 aliphatic heterocycles. The lowest BCUT2D eigenvalue weighted by Gasteiger charge is -2.15. The van der Waals surface area contributed by atoms with Crippen molar-refractivity contribution in [3.8, 4) is 0 Å². The first kappa shape index (κ1) is 16.0. The van der Waals surface area contributed by atoms with Crippen LogP contribution in [0.25, 0.3) is 0 Å². The summed E-state index contributed by atoms with van der Waals surface area (Å²) in [6.45, 7) is 6.42. The number of hydrogen-bond donors (Lipinski definition) is 1. The van der Waals surface area contributed by atoms with E-state index in [4.69, 9.17) is 16.3 Å². The van der Waals surface area contributed by atoms with Gasteiger partial charge in [-0.25, -0.2) is 0 Å². The summed E-state index contributed by atoms with van der Waals surface area (Å²) in [5.41, 5.74) is 2.27. The van der Waals surface area contributed by atoms with Crippen molar-refractivity contribution in [3.63, 3.8) is 0 Å². The van der Waals surface area contributed by atoms with E-state index in [-0.39, 0.29) is 6.04 Å². The van der Waals surface area contributed by atoms with E-state index in [1.807, 2.05) is 4.68 Å². The number of nitrogens with one attached hydrogen (secondary N) is 1. The van der Waals surface area contributed by atoms with Crippen LogP contribution in [0.5, 0.6) is 0 Å². The van der Waals surface area contributed by atoms with E-state index in [0.29, 0.717) is 12.5 Å². The fraction of sp³-hybridized carbons (Fsp3) is 0.750. The van der Waals surface area contributed by atoms with Gasteiger partial charge in [-0.05, 0) is 29.3 Å². The van der Waals surface area contributed by atoms with E-state index >= 15 is 0 Å². The van der Waals surface area contributed by atoms with Crippen LogP contribution in [-0.2, 0) is 24.2 Å². The molecule has 0 amide bonds. The highest BCUT2D eigenvalue weighted by Crippen LogP contribution is 2.22. The van der Waals surface area contributed by atoms with Crippen LogP contribution in [0.3, 0.4) is 0 Å². The molecule has 1 unspecified atom stereocenters. The summed E-state index contributed by atoms with van der Waals surface area (Å²) >= 11 is 9.51. The van der Waals surface area contributed by atoms with Gasteiger partial charge in [-0.3, -0.25) is 4.68 Å². The number of ether oxygens (including phenoxy) is 1. The van der Waals surface area contributed by atoms with Crippen LogP contribution in [-0.4, -0.2) is 35.4 Å². The summed E-state index contributed by atoms with van der Waals surface area (Å²) in [5.74, 6) is 0.534. The lowest BCUT2D eigenvalue weighted by molar-refractivity contribution is 0.172. The van der Waals surface area contributed by atoms with E-state index in [1.54, 1.807) is 7.11 Å². The minimum absolute atomic E-state index is 0.161. The first-order valence-corrected chi connectivity index (χ1v) is 7.52. The molecule has 0 bridgehead atoms. The summed E-state index contributed by atoms with van der Waals surface area (Å²) in [6, 6.07) is 0.161. The summed E-state index contributed by atoms with van der Waals surface area (Å²) in [4.78, 5) is 0. The van der Waals surface area contributed by atoms with E-state index in [9.17, 15) is 0 Å². The molecule has 1 aromatic heterocycles. The van der Waals surface area contributed by atoms with Crippen LogP contribution in [0.1, 0.15) is 25.2 Å². The third kappa shape index (κ3) is 3.95. The SMILES string of the molecule is CCc1nn(CC)c(CNC(CCl)COC)c1Br. The third-order valence-corrected chi connectivity index (χ3v) is 4.09. The number of rotatable bonds is 8. The second-order valence-corrected chi connectivity index (χ2v) is 5.17. The largest absolute Gasteiger partial charge is 0.383 e. The Morgan fingerprint density at radius 3 is 2.72 bits per heavy atom. The molecule has 0 aliphatic carbocycles. The lowest BCUT2D eigenvalue weighted by Crippen LogP contribution is -2.35. The Kier molecular flexibility index (Phi) is 7.22. The molecule has 4 nitrogen and oxygen atoms in total. The second-order valence-electron chi connectivity index (χ2n) is 4.06. The molecule has 1 N–H and O–H groups in total. The maximum atomic E-state index is 5.88. The fourth-order valence-electron chi connectivity index (χ4n) is 1.79. The molecule has 0 aliphatic rings. The summed E-state index contributed by atoms with van der Waals surface area (Å²) < 4.78 is 8.24. The van der Waals surface area contributed by atoms with E-state index in [2.05, 4.69) is 40.2 Å². The van der Waals surface area contributed by atoms with Crippen molar-refractivity contribution in [1.29, 1.82) is 0 Å². The van der Waals surface area contributed by atoms with Gasteiger partial charge in [0.25, 0.3) is 0 Å². The zero-order chi connectivity index (χ0) is 13.5. The van der Waals surface area contributed by atoms with Crippen LogP contribution >= 0.6 is 27.5 Å². The molecule has 0 saturated carbocycles. The number of alkyl halides is 1. The van der Waals surface area contributed by atoms with E-state index in [0.717, 1.165) is 29.7 Å². The van der Waals surface area contributed by atoms with Crippen molar-refractivity contribution in [2.45, 2.75) is 39.4 Å². The molecular weight excluding hydrogens is 318 g/mol. The maximum Gasteiger partial charge on any atom is 0.0767 e. The third-order valence-electron chi connectivity index (χ3n) is 2.81. The number of nitrogens with zero attached hydrogens (tertiary/aromatic N) is 2. The average molecular weight is 339 g/mol. The van der Waals surface area contributed by atoms with Crippen molar-refractivity contribution in [1.82, 2.24) is 15.1 Å². The number of halogens is 2. The molecule has 1 rings (SSSR count). The highest BCUT2D eigenvalue weighted by molar-refractivity contribution is 9.10. The van der Waals surface area contributed by atoms with Gasteiger partial charge >= 0.3 is 0 Å². The fourth-order valence-corrected chi connectivity index (χ4v) is 2.69. The van der Waals surface area contributed by atoms with Gasteiger partial charge in [0.1, 0.15) is 0 Å². The Balaban J connectivity index is 2.73. The van der Waals surface area contributed by atoms with Crippen molar-refractivity contribution in [3.05, 3.63) is 15.9 Å². The summed E-state index contributed by atoms with van der Waals surface area (Å²) in [7, 11) is 1.68. The zero-order valence-electron chi connectivity index (χ0n) is 11.2. The predicted octanol–water partition coefficient (Wildman–Crippen LogP) is 2.57. The monoisotopic (exact) mass is 337 g/mol. The Bertz CT molecular complexity index is 370. The first-order chi connectivity index (χ1) is 8.67. The van der Waals surface area contributed by atoms with Crippen LogP contribution in [0.2, 0.25) is 0 Å². The minimum Gasteiger partial charge on any atom is -0.383 e. The molecular formula is C12H21BrClN3O. The molecule has 0 aromatic carbocycles. The van der Waals surface area contributed by atoms with Crippen LogP contribution in [0, 0.1) is 0 Å².